The molecule has 0 aromatic rings. The minimum absolute atomic E-state index is 0.276. The first-order valence-corrected chi connectivity index (χ1v) is 5.52. The number of rotatable bonds is 1. The van der Waals surface area contributed by atoms with Crippen LogP contribution in [0.15, 0.2) is 11.8 Å². The highest BCUT2D eigenvalue weighted by atomic mass is 16.5. The molecule has 3 atom stereocenters. The molecule has 2 nitrogen and oxygen atoms in total. The van der Waals surface area contributed by atoms with Crippen molar-refractivity contribution in [3.63, 3.8) is 0 Å². The fourth-order valence-electron chi connectivity index (χ4n) is 2.59. The quantitative estimate of drug-likeness (QED) is 0.638. The van der Waals surface area contributed by atoms with E-state index in [4.69, 9.17) is 10.00 Å². The molecule has 1 unspecified atom stereocenters. The molecule has 0 aromatic heterocycles. The van der Waals surface area contributed by atoms with Gasteiger partial charge < -0.3 is 4.74 Å². The molecular weight excluding hydrogens is 174 g/mol. The molecule has 0 N–H and O–H groups in total. The maximum atomic E-state index is 8.90. The van der Waals surface area contributed by atoms with Crippen LogP contribution in [0, 0.1) is 23.2 Å². The van der Waals surface area contributed by atoms with Crippen molar-refractivity contribution in [1.82, 2.24) is 0 Å². The first-order valence-electron chi connectivity index (χ1n) is 5.52. The van der Waals surface area contributed by atoms with Crippen LogP contribution >= 0.6 is 0 Å². The standard InChI is InChI=1S/C12H17NO/c1-9-5-6-12(14-9)11-4-2-3-10(7-11)8-13/h5,10-12H,2-4,6-7H2,1H3/t10-,11+,12?/m1/s1. The van der Waals surface area contributed by atoms with Crippen molar-refractivity contribution >= 4 is 0 Å². The molecule has 0 bridgehead atoms. The van der Waals surface area contributed by atoms with Crippen LogP contribution < -0.4 is 0 Å². The maximum absolute atomic E-state index is 8.90. The fraction of sp³-hybridized carbons (Fsp3) is 0.750. The lowest BCUT2D eigenvalue weighted by Crippen LogP contribution is -2.26. The summed E-state index contributed by atoms with van der Waals surface area (Å²) in [6.45, 7) is 2.02. The smallest absolute Gasteiger partial charge is 0.105 e. The second-order valence-electron chi connectivity index (χ2n) is 4.46. The predicted octanol–water partition coefficient (Wildman–Crippen LogP) is 3.01. The van der Waals surface area contributed by atoms with Crippen molar-refractivity contribution in [1.29, 1.82) is 5.26 Å². The van der Waals surface area contributed by atoms with Gasteiger partial charge in [-0.05, 0) is 38.2 Å². The zero-order valence-corrected chi connectivity index (χ0v) is 8.70. The Labute approximate surface area is 85.6 Å². The minimum Gasteiger partial charge on any atom is -0.495 e. The normalized spacial score (nSPS) is 37.1. The highest BCUT2D eigenvalue weighted by Crippen LogP contribution is 2.35. The Morgan fingerprint density at radius 3 is 3.00 bits per heavy atom. The molecule has 1 heterocycles. The first-order chi connectivity index (χ1) is 6.79. The van der Waals surface area contributed by atoms with Gasteiger partial charge in [-0.1, -0.05) is 6.42 Å². The van der Waals surface area contributed by atoms with Crippen LogP contribution in [0.25, 0.3) is 0 Å². The van der Waals surface area contributed by atoms with E-state index in [9.17, 15) is 0 Å². The molecule has 2 heteroatoms. The van der Waals surface area contributed by atoms with Crippen LogP contribution in [0.2, 0.25) is 0 Å². The molecule has 2 rings (SSSR count). The van der Waals surface area contributed by atoms with Gasteiger partial charge in [0.1, 0.15) is 6.10 Å². The second kappa shape index (κ2) is 4.04. The Bertz CT molecular complexity index is 277. The van der Waals surface area contributed by atoms with Gasteiger partial charge in [-0.15, -0.1) is 0 Å². The van der Waals surface area contributed by atoms with Crippen molar-refractivity contribution in [2.45, 2.75) is 45.1 Å². The highest BCUT2D eigenvalue weighted by molar-refractivity contribution is 5.01. The van der Waals surface area contributed by atoms with E-state index in [1.54, 1.807) is 0 Å². The van der Waals surface area contributed by atoms with Gasteiger partial charge in [0.05, 0.1) is 11.8 Å². The predicted molar refractivity (Wildman–Crippen MR) is 54.3 cm³/mol. The van der Waals surface area contributed by atoms with Gasteiger partial charge >= 0.3 is 0 Å². The van der Waals surface area contributed by atoms with E-state index in [2.05, 4.69) is 12.1 Å². The molecule has 0 aromatic carbocycles. The van der Waals surface area contributed by atoms with Crippen molar-refractivity contribution in [2.24, 2.45) is 11.8 Å². The lowest BCUT2D eigenvalue weighted by atomic mass is 9.79. The van der Waals surface area contributed by atoms with Crippen molar-refractivity contribution in [3.8, 4) is 6.07 Å². The monoisotopic (exact) mass is 191 g/mol. The third-order valence-corrected chi connectivity index (χ3v) is 3.40. The minimum atomic E-state index is 0.276. The number of ether oxygens (including phenoxy) is 1. The average Bonchev–Trinajstić information content (AvgIpc) is 2.65. The summed E-state index contributed by atoms with van der Waals surface area (Å²) < 4.78 is 5.75. The molecule has 0 amide bonds. The molecule has 0 radical (unpaired) electrons. The first kappa shape index (κ1) is 9.58. The summed E-state index contributed by atoms with van der Waals surface area (Å²) in [6, 6.07) is 2.40. The summed E-state index contributed by atoms with van der Waals surface area (Å²) in [5.74, 6) is 1.95. The summed E-state index contributed by atoms with van der Waals surface area (Å²) in [5.41, 5.74) is 0. The second-order valence-corrected chi connectivity index (χ2v) is 4.46. The molecule has 76 valence electrons. The topological polar surface area (TPSA) is 33.0 Å². The summed E-state index contributed by atoms with van der Waals surface area (Å²) in [5, 5.41) is 8.90. The molecular formula is C12H17NO. The molecule has 14 heavy (non-hydrogen) atoms. The largest absolute Gasteiger partial charge is 0.495 e. The average molecular weight is 191 g/mol. The molecule has 0 saturated heterocycles. The van der Waals surface area contributed by atoms with Gasteiger partial charge in [0.15, 0.2) is 0 Å². The van der Waals surface area contributed by atoms with Crippen LogP contribution in [0.3, 0.4) is 0 Å². The number of nitrogens with zero attached hydrogens (tertiary/aromatic N) is 1. The van der Waals surface area contributed by atoms with Gasteiger partial charge in [-0.3, -0.25) is 0 Å². The van der Waals surface area contributed by atoms with Crippen molar-refractivity contribution in [2.75, 3.05) is 0 Å². The van der Waals surface area contributed by atoms with E-state index in [0.29, 0.717) is 12.0 Å². The lowest BCUT2D eigenvalue weighted by molar-refractivity contribution is 0.0629. The van der Waals surface area contributed by atoms with Crippen molar-refractivity contribution in [3.05, 3.63) is 11.8 Å². The summed E-state index contributed by atoms with van der Waals surface area (Å²) >= 11 is 0. The maximum Gasteiger partial charge on any atom is 0.105 e. The van der Waals surface area contributed by atoms with Crippen LogP contribution in [0.4, 0.5) is 0 Å². The van der Waals surface area contributed by atoms with E-state index in [-0.39, 0.29) is 5.92 Å². The Morgan fingerprint density at radius 2 is 2.36 bits per heavy atom. The summed E-state index contributed by atoms with van der Waals surface area (Å²) in [7, 11) is 0. The van der Waals surface area contributed by atoms with Crippen LogP contribution in [-0.2, 0) is 4.74 Å². The summed E-state index contributed by atoms with van der Waals surface area (Å²) in [4.78, 5) is 0. The zero-order valence-electron chi connectivity index (χ0n) is 8.70. The number of allylic oxidation sites excluding steroid dienone is 1. The third-order valence-electron chi connectivity index (χ3n) is 3.40. The van der Waals surface area contributed by atoms with E-state index < -0.39 is 0 Å². The Balaban J connectivity index is 1.90. The van der Waals surface area contributed by atoms with Crippen LogP contribution in [-0.4, -0.2) is 6.10 Å². The Kier molecular flexibility index (Phi) is 2.77. The van der Waals surface area contributed by atoms with Gasteiger partial charge in [0, 0.05) is 12.3 Å². The molecule has 0 spiro atoms. The number of hydrogen-bond acceptors (Lipinski definition) is 2. The van der Waals surface area contributed by atoms with Gasteiger partial charge in [0.25, 0.3) is 0 Å². The molecule has 1 fully saturated rings. The molecule has 2 aliphatic rings. The third kappa shape index (κ3) is 1.92. The van der Waals surface area contributed by atoms with Crippen LogP contribution in [0.5, 0.6) is 0 Å². The van der Waals surface area contributed by atoms with E-state index in [1.807, 2.05) is 6.92 Å². The number of hydrogen-bond donors (Lipinski definition) is 0. The van der Waals surface area contributed by atoms with Gasteiger partial charge in [-0.25, -0.2) is 0 Å². The fourth-order valence-corrected chi connectivity index (χ4v) is 2.59. The Hall–Kier alpha value is -0.970. The molecule has 1 aliphatic heterocycles. The lowest BCUT2D eigenvalue weighted by Gasteiger charge is -2.29. The Morgan fingerprint density at radius 1 is 1.50 bits per heavy atom. The zero-order chi connectivity index (χ0) is 9.97. The van der Waals surface area contributed by atoms with Crippen molar-refractivity contribution < 1.29 is 4.74 Å². The number of nitriles is 1. The van der Waals surface area contributed by atoms with E-state index >= 15 is 0 Å². The van der Waals surface area contributed by atoms with E-state index in [1.165, 1.54) is 12.8 Å². The molecule has 1 aliphatic carbocycles. The van der Waals surface area contributed by atoms with Gasteiger partial charge in [-0.2, -0.15) is 5.26 Å². The van der Waals surface area contributed by atoms with Crippen LogP contribution in [0.1, 0.15) is 39.0 Å². The summed E-state index contributed by atoms with van der Waals surface area (Å²) in [6.07, 6.45) is 8.15. The van der Waals surface area contributed by atoms with E-state index in [0.717, 1.165) is 25.0 Å². The SMILES string of the molecule is CC1=CCC([C@H]2CCC[C@@H](C#N)C2)O1. The van der Waals surface area contributed by atoms with Gasteiger partial charge in [0.2, 0.25) is 0 Å². The molecule has 1 saturated carbocycles. The highest BCUT2D eigenvalue weighted by Gasteiger charge is 2.31.